The minimum Gasteiger partial charge on any atom is -0.468 e. The zero-order chi connectivity index (χ0) is 18.4. The molecule has 0 spiro atoms. The van der Waals surface area contributed by atoms with Gasteiger partial charge in [0.2, 0.25) is 15.9 Å². The number of furan rings is 1. The van der Waals surface area contributed by atoms with Crippen LogP contribution in [0.3, 0.4) is 0 Å². The number of carbonyl (C=O) groups is 1. The first-order valence-electron chi connectivity index (χ1n) is 7.92. The van der Waals surface area contributed by atoms with E-state index in [0.717, 1.165) is 6.42 Å². The fourth-order valence-corrected chi connectivity index (χ4v) is 3.51. The molecule has 0 radical (unpaired) electrons. The highest BCUT2D eigenvalue weighted by atomic mass is 35.5. The highest BCUT2D eigenvalue weighted by Crippen LogP contribution is 2.22. The van der Waals surface area contributed by atoms with E-state index < -0.39 is 16.1 Å². The topological polar surface area (TPSA) is 88.4 Å². The average molecular weight is 385 g/mol. The summed E-state index contributed by atoms with van der Waals surface area (Å²) >= 11 is 5.80. The molecule has 2 rings (SSSR count). The molecule has 1 heterocycles. The number of amides is 1. The Balaban J connectivity index is 2.19. The average Bonchev–Trinajstić information content (AvgIpc) is 3.08. The molecule has 2 atom stereocenters. The van der Waals surface area contributed by atoms with E-state index in [1.807, 2.05) is 13.8 Å². The lowest BCUT2D eigenvalue weighted by Gasteiger charge is -2.18. The molecule has 2 aromatic rings. The smallest absolute Gasteiger partial charge is 0.241 e. The maximum Gasteiger partial charge on any atom is 0.241 e. The summed E-state index contributed by atoms with van der Waals surface area (Å²) in [5.74, 6) is 0.117. The van der Waals surface area contributed by atoms with Crippen LogP contribution in [0.1, 0.15) is 38.5 Å². The Hall–Kier alpha value is -1.83. The van der Waals surface area contributed by atoms with Gasteiger partial charge in [0.15, 0.2) is 0 Å². The SMILES string of the molecule is CCC(C)NC(=O)CC(NS(=O)(=O)c1ccc(Cl)cc1)c1ccco1. The van der Waals surface area contributed by atoms with Gasteiger partial charge in [0.05, 0.1) is 23.6 Å². The van der Waals surface area contributed by atoms with Gasteiger partial charge in [0.25, 0.3) is 0 Å². The third-order valence-corrected chi connectivity index (χ3v) is 5.46. The Morgan fingerprint density at radius 3 is 2.48 bits per heavy atom. The van der Waals surface area contributed by atoms with E-state index in [0.29, 0.717) is 10.8 Å². The molecule has 0 aliphatic heterocycles. The molecule has 0 fully saturated rings. The van der Waals surface area contributed by atoms with E-state index in [9.17, 15) is 13.2 Å². The van der Waals surface area contributed by atoms with Gasteiger partial charge < -0.3 is 9.73 Å². The van der Waals surface area contributed by atoms with Crippen LogP contribution in [0.5, 0.6) is 0 Å². The summed E-state index contributed by atoms with van der Waals surface area (Å²) in [6.45, 7) is 3.84. The first kappa shape index (κ1) is 19.5. The van der Waals surface area contributed by atoms with Gasteiger partial charge in [-0.15, -0.1) is 0 Å². The predicted molar refractivity (Wildman–Crippen MR) is 95.7 cm³/mol. The Kier molecular flexibility index (Phi) is 6.64. The normalized spacial score (nSPS) is 14.0. The predicted octanol–water partition coefficient (Wildman–Crippen LogP) is 3.26. The van der Waals surface area contributed by atoms with E-state index in [1.54, 1.807) is 12.1 Å². The van der Waals surface area contributed by atoms with Crippen LogP contribution in [0.4, 0.5) is 0 Å². The number of benzene rings is 1. The summed E-state index contributed by atoms with van der Waals surface area (Å²) in [5, 5.41) is 3.26. The molecule has 0 saturated carbocycles. The lowest BCUT2D eigenvalue weighted by atomic mass is 10.1. The number of carbonyl (C=O) groups excluding carboxylic acids is 1. The molecule has 0 saturated heterocycles. The lowest BCUT2D eigenvalue weighted by molar-refractivity contribution is -0.122. The van der Waals surface area contributed by atoms with Crippen molar-refractivity contribution in [2.24, 2.45) is 0 Å². The first-order valence-corrected chi connectivity index (χ1v) is 9.78. The van der Waals surface area contributed by atoms with Gasteiger partial charge >= 0.3 is 0 Å². The summed E-state index contributed by atoms with van der Waals surface area (Å²) in [6, 6.07) is 8.28. The molecule has 2 N–H and O–H groups in total. The minimum absolute atomic E-state index is 0.0117. The molecule has 1 amide bonds. The van der Waals surface area contributed by atoms with Crippen molar-refractivity contribution in [2.45, 2.75) is 43.7 Å². The molecular formula is C17H21ClN2O4S. The molecule has 8 heteroatoms. The Labute approximate surface area is 152 Å². The van der Waals surface area contributed by atoms with E-state index >= 15 is 0 Å². The van der Waals surface area contributed by atoms with E-state index in [2.05, 4.69) is 10.0 Å². The standard InChI is InChI=1S/C17H21ClN2O4S/c1-3-12(2)19-17(21)11-15(16-5-4-10-24-16)20-25(22,23)14-8-6-13(18)7-9-14/h4-10,12,15,20H,3,11H2,1-2H3,(H,19,21). The maximum atomic E-state index is 12.6. The van der Waals surface area contributed by atoms with Crippen molar-refractivity contribution in [2.75, 3.05) is 0 Å². The molecule has 6 nitrogen and oxygen atoms in total. The summed E-state index contributed by atoms with van der Waals surface area (Å²) in [4.78, 5) is 12.2. The fourth-order valence-electron chi connectivity index (χ4n) is 2.18. The summed E-state index contributed by atoms with van der Waals surface area (Å²) in [6.07, 6.45) is 2.16. The second-order valence-electron chi connectivity index (χ2n) is 5.72. The molecule has 25 heavy (non-hydrogen) atoms. The second kappa shape index (κ2) is 8.51. The molecule has 2 unspecified atom stereocenters. The molecule has 1 aromatic heterocycles. The zero-order valence-corrected chi connectivity index (χ0v) is 15.6. The van der Waals surface area contributed by atoms with Crippen molar-refractivity contribution >= 4 is 27.5 Å². The van der Waals surface area contributed by atoms with Crippen LogP contribution in [0.2, 0.25) is 5.02 Å². The van der Waals surface area contributed by atoms with Crippen molar-refractivity contribution < 1.29 is 17.6 Å². The Morgan fingerprint density at radius 2 is 1.92 bits per heavy atom. The van der Waals surface area contributed by atoms with Gasteiger partial charge in [-0.1, -0.05) is 18.5 Å². The van der Waals surface area contributed by atoms with Crippen molar-refractivity contribution in [3.63, 3.8) is 0 Å². The monoisotopic (exact) mass is 384 g/mol. The Morgan fingerprint density at radius 1 is 1.24 bits per heavy atom. The van der Waals surface area contributed by atoms with Crippen molar-refractivity contribution in [3.05, 3.63) is 53.4 Å². The number of sulfonamides is 1. The minimum atomic E-state index is -3.83. The summed E-state index contributed by atoms with van der Waals surface area (Å²) < 4.78 is 33.0. The molecule has 0 aliphatic rings. The third-order valence-electron chi connectivity index (χ3n) is 3.72. The Bertz CT molecular complexity index is 789. The van der Waals surface area contributed by atoms with Gasteiger partial charge in [-0.3, -0.25) is 4.79 Å². The van der Waals surface area contributed by atoms with Crippen LogP contribution in [-0.4, -0.2) is 20.4 Å². The van der Waals surface area contributed by atoms with Gasteiger partial charge in [-0.05, 0) is 49.7 Å². The van der Waals surface area contributed by atoms with Gasteiger partial charge in [-0.2, -0.15) is 4.72 Å². The largest absolute Gasteiger partial charge is 0.468 e. The number of hydrogen-bond donors (Lipinski definition) is 2. The molecule has 136 valence electrons. The molecule has 0 bridgehead atoms. The second-order valence-corrected chi connectivity index (χ2v) is 7.87. The van der Waals surface area contributed by atoms with Crippen LogP contribution in [0.15, 0.2) is 52.0 Å². The van der Waals surface area contributed by atoms with Crippen molar-refractivity contribution in [1.82, 2.24) is 10.0 Å². The van der Waals surface area contributed by atoms with Crippen molar-refractivity contribution in [3.8, 4) is 0 Å². The third kappa shape index (κ3) is 5.59. The van der Waals surface area contributed by atoms with Gasteiger partial charge in [0.1, 0.15) is 5.76 Å². The van der Waals surface area contributed by atoms with Crippen LogP contribution in [0.25, 0.3) is 0 Å². The maximum absolute atomic E-state index is 12.6. The number of nitrogens with one attached hydrogen (secondary N) is 2. The molecular weight excluding hydrogens is 364 g/mol. The number of hydrogen-bond acceptors (Lipinski definition) is 4. The van der Waals surface area contributed by atoms with E-state index in [1.165, 1.54) is 30.5 Å². The van der Waals surface area contributed by atoms with Crippen molar-refractivity contribution in [1.29, 1.82) is 0 Å². The molecule has 0 aliphatic carbocycles. The van der Waals surface area contributed by atoms with Crippen LogP contribution >= 0.6 is 11.6 Å². The zero-order valence-electron chi connectivity index (χ0n) is 14.0. The number of halogens is 1. The molecule has 1 aromatic carbocycles. The first-order chi connectivity index (χ1) is 11.8. The highest BCUT2D eigenvalue weighted by Gasteiger charge is 2.26. The quantitative estimate of drug-likeness (QED) is 0.731. The van der Waals surface area contributed by atoms with Crippen LogP contribution in [0, 0.1) is 0 Å². The highest BCUT2D eigenvalue weighted by molar-refractivity contribution is 7.89. The van der Waals surface area contributed by atoms with E-state index in [-0.39, 0.29) is 23.3 Å². The van der Waals surface area contributed by atoms with Crippen LogP contribution < -0.4 is 10.0 Å². The fraction of sp³-hybridized carbons (Fsp3) is 0.353. The number of rotatable bonds is 8. The van der Waals surface area contributed by atoms with E-state index in [4.69, 9.17) is 16.0 Å². The van der Waals surface area contributed by atoms with Gasteiger partial charge in [0, 0.05) is 11.1 Å². The lowest BCUT2D eigenvalue weighted by Crippen LogP contribution is -2.36. The summed E-state index contributed by atoms with van der Waals surface area (Å²) in [5.41, 5.74) is 0. The summed E-state index contributed by atoms with van der Waals surface area (Å²) in [7, 11) is -3.83. The van der Waals surface area contributed by atoms with Crippen LogP contribution in [-0.2, 0) is 14.8 Å². The van der Waals surface area contributed by atoms with Gasteiger partial charge in [-0.25, -0.2) is 8.42 Å².